The summed E-state index contributed by atoms with van der Waals surface area (Å²) in [5, 5.41) is 3.62. The van der Waals surface area contributed by atoms with Crippen LogP contribution >= 0.6 is 12.2 Å². The van der Waals surface area contributed by atoms with Crippen molar-refractivity contribution in [2.75, 3.05) is 17.3 Å². The zero-order chi connectivity index (χ0) is 13.0. The topological polar surface area (TPSA) is 15.3 Å². The van der Waals surface area contributed by atoms with Gasteiger partial charge in [0.15, 0.2) is 5.11 Å². The molecule has 0 unspecified atom stereocenters. The number of halogens is 1. The van der Waals surface area contributed by atoms with Gasteiger partial charge in [0.05, 0.1) is 0 Å². The molecular weight excluding hydrogens is 247 g/mol. The molecule has 0 saturated carbocycles. The molecule has 0 amide bonds. The first-order chi connectivity index (χ1) is 8.66. The van der Waals surface area contributed by atoms with Crippen LogP contribution in [0.15, 0.2) is 54.6 Å². The van der Waals surface area contributed by atoms with Crippen LogP contribution in [0.3, 0.4) is 0 Å². The van der Waals surface area contributed by atoms with Crippen LogP contribution in [0, 0.1) is 5.82 Å². The third-order valence-electron chi connectivity index (χ3n) is 2.54. The molecule has 2 aromatic carbocycles. The van der Waals surface area contributed by atoms with Crippen molar-refractivity contribution >= 4 is 28.7 Å². The number of nitrogens with zero attached hydrogens (tertiary/aromatic N) is 1. The minimum absolute atomic E-state index is 0.261. The number of para-hydroxylation sites is 1. The molecule has 18 heavy (non-hydrogen) atoms. The van der Waals surface area contributed by atoms with Crippen LogP contribution in [-0.4, -0.2) is 12.2 Å². The van der Waals surface area contributed by atoms with E-state index in [0.29, 0.717) is 5.11 Å². The first-order valence-corrected chi connectivity index (χ1v) is 5.93. The zero-order valence-corrected chi connectivity index (χ0v) is 10.7. The fourth-order valence-corrected chi connectivity index (χ4v) is 1.73. The summed E-state index contributed by atoms with van der Waals surface area (Å²) < 4.78 is 12.8. The van der Waals surface area contributed by atoms with E-state index in [1.807, 2.05) is 42.3 Å². The molecule has 0 atom stereocenters. The predicted octanol–water partition coefficient (Wildman–Crippen LogP) is 3.66. The molecule has 1 N–H and O–H groups in total. The van der Waals surface area contributed by atoms with Gasteiger partial charge in [-0.1, -0.05) is 18.2 Å². The Morgan fingerprint density at radius 3 is 2.28 bits per heavy atom. The van der Waals surface area contributed by atoms with Gasteiger partial charge in [-0.3, -0.25) is 0 Å². The molecule has 0 spiro atoms. The Hall–Kier alpha value is -1.94. The highest BCUT2D eigenvalue weighted by molar-refractivity contribution is 7.80. The van der Waals surface area contributed by atoms with Crippen molar-refractivity contribution < 1.29 is 4.39 Å². The molecule has 0 aromatic heterocycles. The minimum atomic E-state index is -0.261. The lowest BCUT2D eigenvalue weighted by atomic mass is 10.3. The lowest BCUT2D eigenvalue weighted by Gasteiger charge is -2.21. The van der Waals surface area contributed by atoms with Gasteiger partial charge in [-0.2, -0.15) is 0 Å². The molecule has 0 aliphatic heterocycles. The summed E-state index contributed by atoms with van der Waals surface area (Å²) in [6.07, 6.45) is 0. The van der Waals surface area contributed by atoms with E-state index in [-0.39, 0.29) is 5.82 Å². The molecule has 92 valence electrons. The Kier molecular flexibility index (Phi) is 3.89. The van der Waals surface area contributed by atoms with Gasteiger partial charge in [0.1, 0.15) is 5.82 Å². The van der Waals surface area contributed by atoms with Crippen molar-refractivity contribution in [1.82, 2.24) is 0 Å². The van der Waals surface area contributed by atoms with Crippen molar-refractivity contribution in [3.8, 4) is 0 Å². The quantitative estimate of drug-likeness (QED) is 0.830. The summed E-state index contributed by atoms with van der Waals surface area (Å²) in [7, 11) is 1.88. The molecule has 0 fully saturated rings. The molecule has 0 heterocycles. The van der Waals surface area contributed by atoms with Crippen LogP contribution in [0.5, 0.6) is 0 Å². The van der Waals surface area contributed by atoms with Gasteiger partial charge in [-0.15, -0.1) is 0 Å². The predicted molar refractivity (Wildman–Crippen MR) is 77.5 cm³/mol. The number of rotatable bonds is 2. The standard InChI is InChI=1S/C14H13FN2S/c1-17(13-5-3-2-4-6-13)14(18)16-12-9-7-11(15)8-10-12/h2-10H,1H3,(H,16,18). The first kappa shape index (κ1) is 12.5. The van der Waals surface area contributed by atoms with Gasteiger partial charge in [0.25, 0.3) is 0 Å². The molecule has 2 nitrogen and oxygen atoms in total. The average molecular weight is 260 g/mol. The fourth-order valence-electron chi connectivity index (χ4n) is 1.51. The highest BCUT2D eigenvalue weighted by Gasteiger charge is 2.06. The van der Waals surface area contributed by atoms with Crippen LogP contribution < -0.4 is 10.2 Å². The largest absolute Gasteiger partial charge is 0.332 e. The van der Waals surface area contributed by atoms with Crippen molar-refractivity contribution in [3.63, 3.8) is 0 Å². The van der Waals surface area contributed by atoms with Crippen molar-refractivity contribution in [2.24, 2.45) is 0 Å². The summed E-state index contributed by atoms with van der Waals surface area (Å²) in [5.41, 5.74) is 1.77. The van der Waals surface area contributed by atoms with Crippen molar-refractivity contribution in [3.05, 3.63) is 60.4 Å². The van der Waals surface area contributed by atoms with Gasteiger partial charge in [-0.25, -0.2) is 4.39 Å². The van der Waals surface area contributed by atoms with E-state index in [2.05, 4.69) is 5.32 Å². The van der Waals surface area contributed by atoms with Crippen LogP contribution in [0.2, 0.25) is 0 Å². The number of hydrogen-bond acceptors (Lipinski definition) is 1. The van der Waals surface area contributed by atoms with E-state index in [0.717, 1.165) is 11.4 Å². The summed E-state index contributed by atoms with van der Waals surface area (Å²) in [6.45, 7) is 0. The van der Waals surface area contributed by atoms with Gasteiger partial charge >= 0.3 is 0 Å². The van der Waals surface area contributed by atoms with E-state index >= 15 is 0 Å². The third kappa shape index (κ3) is 3.05. The Morgan fingerprint density at radius 2 is 1.67 bits per heavy atom. The van der Waals surface area contributed by atoms with E-state index in [4.69, 9.17) is 12.2 Å². The molecular formula is C14H13FN2S. The van der Waals surface area contributed by atoms with E-state index in [1.54, 1.807) is 12.1 Å². The summed E-state index contributed by atoms with van der Waals surface area (Å²) in [4.78, 5) is 1.86. The number of anilines is 2. The minimum Gasteiger partial charge on any atom is -0.332 e. The van der Waals surface area contributed by atoms with E-state index in [1.165, 1.54) is 12.1 Å². The number of benzene rings is 2. The summed E-state index contributed by atoms with van der Waals surface area (Å²) in [6, 6.07) is 15.9. The molecule has 0 aliphatic rings. The molecule has 4 heteroatoms. The van der Waals surface area contributed by atoms with Crippen molar-refractivity contribution in [1.29, 1.82) is 0 Å². The highest BCUT2D eigenvalue weighted by atomic mass is 32.1. The van der Waals surface area contributed by atoms with Gasteiger partial charge in [-0.05, 0) is 48.6 Å². The second-order valence-electron chi connectivity index (χ2n) is 3.83. The number of thiocarbonyl (C=S) groups is 1. The maximum atomic E-state index is 12.8. The molecule has 0 bridgehead atoms. The van der Waals surface area contributed by atoms with E-state index < -0.39 is 0 Å². The Balaban J connectivity index is 2.06. The average Bonchev–Trinajstić information content (AvgIpc) is 2.41. The van der Waals surface area contributed by atoms with Gasteiger partial charge in [0.2, 0.25) is 0 Å². The monoisotopic (exact) mass is 260 g/mol. The van der Waals surface area contributed by atoms with Crippen molar-refractivity contribution in [2.45, 2.75) is 0 Å². The second kappa shape index (κ2) is 5.60. The van der Waals surface area contributed by atoms with Gasteiger partial charge in [0, 0.05) is 18.4 Å². The third-order valence-corrected chi connectivity index (χ3v) is 2.92. The smallest absolute Gasteiger partial charge is 0.177 e. The fraction of sp³-hybridized carbons (Fsp3) is 0.0714. The summed E-state index contributed by atoms with van der Waals surface area (Å²) >= 11 is 5.29. The normalized spacial score (nSPS) is 9.89. The molecule has 2 rings (SSSR count). The number of hydrogen-bond donors (Lipinski definition) is 1. The first-order valence-electron chi connectivity index (χ1n) is 5.52. The van der Waals surface area contributed by atoms with Crippen LogP contribution in [0.1, 0.15) is 0 Å². The lowest BCUT2D eigenvalue weighted by Crippen LogP contribution is -2.30. The summed E-state index contributed by atoms with van der Waals surface area (Å²) in [5.74, 6) is -0.261. The zero-order valence-electron chi connectivity index (χ0n) is 9.93. The Bertz CT molecular complexity index is 525. The lowest BCUT2D eigenvalue weighted by molar-refractivity contribution is 0.628. The number of nitrogens with one attached hydrogen (secondary N) is 1. The van der Waals surface area contributed by atoms with Crippen LogP contribution in [0.4, 0.5) is 15.8 Å². The molecule has 0 saturated heterocycles. The SMILES string of the molecule is CN(C(=S)Nc1ccc(F)cc1)c1ccccc1. The Morgan fingerprint density at radius 1 is 1.06 bits per heavy atom. The highest BCUT2D eigenvalue weighted by Crippen LogP contribution is 2.14. The Labute approximate surface area is 111 Å². The molecule has 0 radical (unpaired) electrons. The van der Waals surface area contributed by atoms with E-state index in [9.17, 15) is 4.39 Å². The molecule has 0 aliphatic carbocycles. The maximum Gasteiger partial charge on any atom is 0.177 e. The van der Waals surface area contributed by atoms with Crippen LogP contribution in [-0.2, 0) is 0 Å². The van der Waals surface area contributed by atoms with Gasteiger partial charge < -0.3 is 10.2 Å². The second-order valence-corrected chi connectivity index (χ2v) is 4.22. The molecule has 2 aromatic rings. The maximum absolute atomic E-state index is 12.8. The van der Waals surface area contributed by atoms with Crippen LogP contribution in [0.25, 0.3) is 0 Å².